The molecule has 102 valence electrons. The number of Topliss-reactive ketones (excluding diaryl/α,β-unsaturated/α-hetero) is 1. The van der Waals surface area contributed by atoms with Gasteiger partial charge in [0.05, 0.1) is 13.2 Å². The number of ketones is 1. The van der Waals surface area contributed by atoms with Crippen molar-refractivity contribution in [3.05, 3.63) is 22.2 Å². The molecule has 19 heavy (non-hydrogen) atoms. The minimum atomic E-state index is 0.201. The highest BCUT2D eigenvalue weighted by atomic mass is 79.9. The summed E-state index contributed by atoms with van der Waals surface area (Å²) in [5, 5.41) is 0. The summed E-state index contributed by atoms with van der Waals surface area (Å²) in [6.45, 7) is 1.31. The highest BCUT2D eigenvalue weighted by Gasteiger charge is 2.24. The fourth-order valence-corrected chi connectivity index (χ4v) is 3.01. The fourth-order valence-electron chi connectivity index (χ4n) is 2.47. The van der Waals surface area contributed by atoms with Crippen molar-refractivity contribution in [1.29, 1.82) is 0 Å². The van der Waals surface area contributed by atoms with Crippen molar-refractivity contribution in [3.8, 4) is 11.5 Å². The van der Waals surface area contributed by atoms with E-state index in [1.807, 2.05) is 12.1 Å². The quantitative estimate of drug-likeness (QED) is 0.789. The van der Waals surface area contributed by atoms with Crippen LogP contribution in [0.3, 0.4) is 0 Å². The van der Waals surface area contributed by atoms with Gasteiger partial charge in [0.2, 0.25) is 0 Å². The van der Waals surface area contributed by atoms with Crippen molar-refractivity contribution in [2.24, 2.45) is 5.92 Å². The Morgan fingerprint density at radius 2 is 1.84 bits per heavy atom. The molecule has 0 unspecified atom stereocenters. The molecule has 1 heterocycles. The molecule has 1 fully saturated rings. The van der Waals surface area contributed by atoms with E-state index in [2.05, 4.69) is 15.9 Å². The standard InChI is InChI=1S/C15H17BrO3/c16-12-9-15-14(18-5-2-6-19-15)8-11(12)13(17)7-10-3-1-4-10/h8-10H,1-7H2. The molecule has 0 bridgehead atoms. The van der Waals surface area contributed by atoms with E-state index < -0.39 is 0 Å². The van der Waals surface area contributed by atoms with Crippen LogP contribution in [0.5, 0.6) is 11.5 Å². The summed E-state index contributed by atoms with van der Waals surface area (Å²) in [5.41, 5.74) is 0.719. The first-order valence-corrected chi connectivity index (χ1v) is 7.65. The molecule has 1 aliphatic carbocycles. The Hall–Kier alpha value is -1.03. The average Bonchev–Trinajstić information content (AvgIpc) is 2.57. The van der Waals surface area contributed by atoms with Crippen LogP contribution in [0.15, 0.2) is 16.6 Å². The topological polar surface area (TPSA) is 35.5 Å². The van der Waals surface area contributed by atoms with Crippen LogP contribution in [-0.4, -0.2) is 19.0 Å². The van der Waals surface area contributed by atoms with Gasteiger partial charge >= 0.3 is 0 Å². The fraction of sp³-hybridized carbons (Fsp3) is 0.533. The SMILES string of the molecule is O=C(CC1CCC1)c1cc2c(cc1Br)OCCCO2. The largest absolute Gasteiger partial charge is 0.490 e. The van der Waals surface area contributed by atoms with E-state index in [1.165, 1.54) is 19.3 Å². The number of benzene rings is 1. The highest BCUT2D eigenvalue weighted by Crippen LogP contribution is 2.37. The minimum Gasteiger partial charge on any atom is -0.490 e. The Labute approximate surface area is 121 Å². The van der Waals surface area contributed by atoms with Crippen LogP contribution in [0.25, 0.3) is 0 Å². The van der Waals surface area contributed by atoms with E-state index in [9.17, 15) is 4.79 Å². The maximum atomic E-state index is 12.3. The van der Waals surface area contributed by atoms with Crippen LogP contribution < -0.4 is 9.47 Å². The summed E-state index contributed by atoms with van der Waals surface area (Å²) in [7, 11) is 0. The lowest BCUT2D eigenvalue weighted by molar-refractivity contribution is 0.0935. The maximum Gasteiger partial charge on any atom is 0.164 e. The molecule has 1 aromatic carbocycles. The molecule has 4 heteroatoms. The van der Waals surface area contributed by atoms with E-state index in [4.69, 9.17) is 9.47 Å². The summed E-state index contributed by atoms with van der Waals surface area (Å²) in [4.78, 5) is 12.3. The van der Waals surface area contributed by atoms with Crippen LogP contribution in [0.1, 0.15) is 42.5 Å². The van der Waals surface area contributed by atoms with E-state index >= 15 is 0 Å². The van der Waals surface area contributed by atoms with Gasteiger partial charge in [-0.15, -0.1) is 0 Å². The molecule has 0 amide bonds. The molecular formula is C15H17BrO3. The predicted octanol–water partition coefficient (Wildman–Crippen LogP) is 3.98. The lowest BCUT2D eigenvalue weighted by atomic mass is 9.81. The first-order valence-electron chi connectivity index (χ1n) is 6.86. The van der Waals surface area contributed by atoms with Gasteiger partial charge in [-0.05, 0) is 34.0 Å². The van der Waals surface area contributed by atoms with Gasteiger partial charge in [-0.1, -0.05) is 19.3 Å². The molecule has 1 saturated carbocycles. The van der Waals surface area contributed by atoms with Crippen LogP contribution in [-0.2, 0) is 0 Å². The van der Waals surface area contributed by atoms with Gasteiger partial charge in [0.15, 0.2) is 17.3 Å². The van der Waals surface area contributed by atoms with Crippen LogP contribution >= 0.6 is 15.9 Å². The molecule has 0 atom stereocenters. The Kier molecular flexibility index (Phi) is 3.78. The van der Waals surface area contributed by atoms with Crippen molar-refractivity contribution in [1.82, 2.24) is 0 Å². The Balaban J connectivity index is 1.84. The average molecular weight is 325 g/mol. The van der Waals surface area contributed by atoms with Crippen molar-refractivity contribution >= 4 is 21.7 Å². The maximum absolute atomic E-state index is 12.3. The summed E-state index contributed by atoms with van der Waals surface area (Å²) >= 11 is 3.47. The molecule has 3 rings (SSSR count). The minimum absolute atomic E-state index is 0.201. The molecule has 0 radical (unpaired) electrons. The van der Waals surface area contributed by atoms with Gasteiger partial charge in [0, 0.05) is 22.9 Å². The monoisotopic (exact) mass is 324 g/mol. The molecule has 1 aliphatic heterocycles. The molecular weight excluding hydrogens is 308 g/mol. The molecule has 0 aromatic heterocycles. The Morgan fingerprint density at radius 1 is 1.16 bits per heavy atom. The molecule has 0 saturated heterocycles. The number of hydrogen-bond donors (Lipinski definition) is 0. The lowest BCUT2D eigenvalue weighted by Gasteiger charge is -2.24. The lowest BCUT2D eigenvalue weighted by Crippen LogP contribution is -2.16. The van der Waals surface area contributed by atoms with E-state index in [1.54, 1.807) is 0 Å². The predicted molar refractivity (Wildman–Crippen MR) is 76.0 cm³/mol. The molecule has 1 aromatic rings. The molecule has 2 aliphatic rings. The van der Waals surface area contributed by atoms with Gasteiger partial charge in [0.25, 0.3) is 0 Å². The number of carbonyl (C=O) groups excluding carboxylic acids is 1. The number of ether oxygens (including phenoxy) is 2. The van der Waals surface area contributed by atoms with Crippen LogP contribution in [0, 0.1) is 5.92 Å². The zero-order valence-corrected chi connectivity index (χ0v) is 12.4. The van der Waals surface area contributed by atoms with Crippen molar-refractivity contribution in [3.63, 3.8) is 0 Å². The van der Waals surface area contributed by atoms with E-state index in [0.29, 0.717) is 31.3 Å². The third-order valence-electron chi connectivity index (χ3n) is 3.84. The normalized spacial score (nSPS) is 18.6. The Bertz CT molecular complexity index is 494. The summed E-state index contributed by atoms with van der Waals surface area (Å²) < 4.78 is 12.1. The van der Waals surface area contributed by atoms with Crippen LogP contribution in [0.4, 0.5) is 0 Å². The number of carbonyl (C=O) groups is 1. The second kappa shape index (κ2) is 5.53. The third-order valence-corrected chi connectivity index (χ3v) is 4.49. The number of hydrogen-bond acceptors (Lipinski definition) is 3. The van der Waals surface area contributed by atoms with Gasteiger partial charge < -0.3 is 9.47 Å². The number of halogens is 1. The van der Waals surface area contributed by atoms with Gasteiger partial charge in [-0.25, -0.2) is 0 Å². The first-order chi connectivity index (χ1) is 9.24. The van der Waals surface area contributed by atoms with Gasteiger partial charge in [0.1, 0.15) is 0 Å². The van der Waals surface area contributed by atoms with Crippen molar-refractivity contribution in [2.45, 2.75) is 32.1 Å². The Morgan fingerprint density at radius 3 is 2.47 bits per heavy atom. The van der Waals surface area contributed by atoms with E-state index in [0.717, 1.165) is 22.2 Å². The van der Waals surface area contributed by atoms with E-state index in [-0.39, 0.29) is 5.78 Å². The molecule has 0 N–H and O–H groups in total. The second-order valence-corrected chi connectivity index (χ2v) is 6.11. The van der Waals surface area contributed by atoms with Crippen molar-refractivity contribution < 1.29 is 14.3 Å². The first kappa shape index (κ1) is 13.0. The molecule has 0 spiro atoms. The third kappa shape index (κ3) is 2.78. The van der Waals surface area contributed by atoms with Gasteiger partial charge in [-0.3, -0.25) is 4.79 Å². The van der Waals surface area contributed by atoms with Crippen molar-refractivity contribution in [2.75, 3.05) is 13.2 Å². The van der Waals surface area contributed by atoms with Gasteiger partial charge in [-0.2, -0.15) is 0 Å². The summed E-state index contributed by atoms with van der Waals surface area (Å²) in [5.74, 6) is 2.20. The number of fused-ring (bicyclic) bond motifs is 1. The smallest absolute Gasteiger partial charge is 0.164 e. The zero-order chi connectivity index (χ0) is 13.2. The molecule has 3 nitrogen and oxygen atoms in total. The van der Waals surface area contributed by atoms with Crippen LogP contribution in [0.2, 0.25) is 0 Å². The summed E-state index contributed by atoms with van der Waals surface area (Å²) in [6.07, 6.45) is 5.16. The summed E-state index contributed by atoms with van der Waals surface area (Å²) in [6, 6.07) is 3.68. The number of rotatable bonds is 3. The second-order valence-electron chi connectivity index (χ2n) is 5.25. The zero-order valence-electron chi connectivity index (χ0n) is 10.8. The highest BCUT2D eigenvalue weighted by molar-refractivity contribution is 9.10.